The number of hydrazone groups is 1. The first-order chi connectivity index (χ1) is 19.0. The molecule has 0 heterocycles. The predicted molar refractivity (Wildman–Crippen MR) is 153 cm³/mol. The summed E-state index contributed by atoms with van der Waals surface area (Å²) in [7, 11) is 1.55. The minimum absolute atomic E-state index is 0.149. The van der Waals surface area contributed by atoms with E-state index in [0.717, 1.165) is 30.0 Å². The predicted octanol–water partition coefficient (Wildman–Crippen LogP) is 5.77. The molecule has 3 aromatic rings. The number of nitrogens with zero attached hydrogens (tertiary/aromatic N) is 1. The third kappa shape index (κ3) is 9.56. The average Bonchev–Trinajstić information content (AvgIpc) is 2.96. The molecule has 0 aliphatic heterocycles. The smallest absolute Gasteiger partial charge is 0.343 e. The number of methoxy groups -OCH3 is 1. The molecule has 0 unspecified atom stereocenters. The van der Waals surface area contributed by atoms with Gasteiger partial charge in [-0.25, -0.2) is 10.2 Å². The molecule has 0 aromatic heterocycles. The number of carbonyl (C=O) groups is 3. The average molecular weight is 532 g/mol. The third-order valence-electron chi connectivity index (χ3n) is 6.30. The van der Waals surface area contributed by atoms with Crippen molar-refractivity contribution in [1.82, 2.24) is 10.7 Å². The van der Waals surface area contributed by atoms with Gasteiger partial charge in [0.05, 0.1) is 25.4 Å². The number of unbranched alkanes of at least 4 members (excludes halogenated alkanes) is 6. The van der Waals surface area contributed by atoms with Gasteiger partial charge in [0.25, 0.3) is 5.91 Å². The van der Waals surface area contributed by atoms with Gasteiger partial charge in [0, 0.05) is 12.0 Å². The van der Waals surface area contributed by atoms with E-state index in [1.165, 1.54) is 31.9 Å². The van der Waals surface area contributed by atoms with Gasteiger partial charge in [0.1, 0.15) is 11.5 Å². The standard InChI is InChI=1S/C31H37N3O5/c1-3-4-5-6-7-8-9-14-29(35)32-22-30(36)34-33-21-27-26-13-11-10-12-23(26)17-20-28(27)39-31(37)24-15-18-25(38-2)19-16-24/h10-13,15-21H,3-9,14,22H2,1-2H3,(H,32,35)(H,34,36). The van der Waals surface area contributed by atoms with E-state index in [-0.39, 0.29) is 12.5 Å². The molecule has 3 aromatic carbocycles. The molecule has 2 N–H and O–H groups in total. The van der Waals surface area contributed by atoms with E-state index in [4.69, 9.17) is 9.47 Å². The van der Waals surface area contributed by atoms with Crippen LogP contribution in [0.4, 0.5) is 0 Å². The molecule has 8 nitrogen and oxygen atoms in total. The second kappa shape index (κ2) is 15.9. The molecule has 0 aliphatic rings. The number of amides is 2. The highest BCUT2D eigenvalue weighted by Gasteiger charge is 2.14. The lowest BCUT2D eigenvalue weighted by atomic mass is 10.0. The van der Waals surface area contributed by atoms with Crippen molar-refractivity contribution in [2.45, 2.75) is 58.3 Å². The van der Waals surface area contributed by atoms with E-state index < -0.39 is 11.9 Å². The Hall–Kier alpha value is -4.20. The molecule has 0 saturated carbocycles. The van der Waals surface area contributed by atoms with Crippen LogP contribution in [-0.4, -0.2) is 37.7 Å². The fourth-order valence-corrected chi connectivity index (χ4v) is 4.10. The lowest BCUT2D eigenvalue weighted by molar-refractivity contribution is -0.126. The van der Waals surface area contributed by atoms with Gasteiger partial charge in [-0.05, 0) is 47.5 Å². The number of hydrogen-bond donors (Lipinski definition) is 2. The van der Waals surface area contributed by atoms with Crippen LogP contribution in [0.15, 0.2) is 65.8 Å². The summed E-state index contributed by atoms with van der Waals surface area (Å²) < 4.78 is 10.8. The molecule has 0 fully saturated rings. The minimum Gasteiger partial charge on any atom is -0.497 e. The van der Waals surface area contributed by atoms with E-state index in [0.29, 0.717) is 29.0 Å². The van der Waals surface area contributed by atoms with Gasteiger partial charge in [-0.15, -0.1) is 0 Å². The van der Waals surface area contributed by atoms with Crippen molar-refractivity contribution in [3.8, 4) is 11.5 Å². The molecule has 2 amide bonds. The van der Waals surface area contributed by atoms with Crippen molar-refractivity contribution in [1.29, 1.82) is 0 Å². The van der Waals surface area contributed by atoms with E-state index in [1.54, 1.807) is 37.4 Å². The number of ether oxygens (including phenoxy) is 2. The van der Waals surface area contributed by atoms with Crippen LogP contribution in [0.1, 0.15) is 74.2 Å². The monoisotopic (exact) mass is 531 g/mol. The summed E-state index contributed by atoms with van der Waals surface area (Å²) in [5.74, 6) is -0.193. The van der Waals surface area contributed by atoms with Crippen LogP contribution in [0.25, 0.3) is 10.8 Å². The first kappa shape index (κ1) is 29.4. The Labute approximate surface area is 229 Å². The van der Waals surface area contributed by atoms with Crippen molar-refractivity contribution < 1.29 is 23.9 Å². The van der Waals surface area contributed by atoms with Crippen LogP contribution in [0.5, 0.6) is 11.5 Å². The Kier molecular flexibility index (Phi) is 12.0. The summed E-state index contributed by atoms with van der Waals surface area (Å²) in [5, 5.41) is 8.42. The number of benzene rings is 3. The van der Waals surface area contributed by atoms with E-state index in [9.17, 15) is 14.4 Å². The summed E-state index contributed by atoms with van der Waals surface area (Å²) in [4.78, 5) is 37.1. The number of carbonyl (C=O) groups excluding carboxylic acids is 3. The van der Waals surface area contributed by atoms with Crippen molar-refractivity contribution in [2.24, 2.45) is 5.10 Å². The fraction of sp³-hybridized carbons (Fsp3) is 0.355. The zero-order valence-corrected chi connectivity index (χ0v) is 22.7. The van der Waals surface area contributed by atoms with Crippen LogP contribution >= 0.6 is 0 Å². The van der Waals surface area contributed by atoms with Crippen LogP contribution < -0.4 is 20.2 Å². The quantitative estimate of drug-likeness (QED) is 0.0851. The molecule has 39 heavy (non-hydrogen) atoms. The highest BCUT2D eigenvalue weighted by atomic mass is 16.5. The molecule has 0 spiro atoms. The van der Waals surface area contributed by atoms with Crippen LogP contribution in [0, 0.1) is 0 Å². The Morgan fingerprint density at radius 1 is 0.846 bits per heavy atom. The van der Waals surface area contributed by atoms with Gasteiger partial charge in [0.2, 0.25) is 5.91 Å². The first-order valence-corrected chi connectivity index (χ1v) is 13.5. The van der Waals surface area contributed by atoms with E-state index >= 15 is 0 Å². The van der Waals surface area contributed by atoms with E-state index in [1.807, 2.05) is 30.3 Å². The van der Waals surface area contributed by atoms with Gasteiger partial charge in [-0.2, -0.15) is 5.10 Å². The molecule has 8 heteroatoms. The topological polar surface area (TPSA) is 106 Å². The Morgan fingerprint density at radius 3 is 2.31 bits per heavy atom. The number of esters is 1. The van der Waals surface area contributed by atoms with E-state index in [2.05, 4.69) is 22.8 Å². The molecule has 0 aliphatic carbocycles. The second-order valence-corrected chi connectivity index (χ2v) is 9.26. The Bertz CT molecular complexity index is 1270. The molecule has 0 radical (unpaired) electrons. The highest BCUT2D eigenvalue weighted by Crippen LogP contribution is 2.27. The number of fused-ring (bicyclic) bond motifs is 1. The summed E-state index contributed by atoms with van der Waals surface area (Å²) in [5.41, 5.74) is 3.34. The Balaban J connectivity index is 1.56. The van der Waals surface area contributed by atoms with Crippen LogP contribution in [0.3, 0.4) is 0 Å². The van der Waals surface area contributed by atoms with Gasteiger partial charge in [0.15, 0.2) is 0 Å². The van der Waals surface area contributed by atoms with Gasteiger partial charge in [-0.1, -0.05) is 75.8 Å². The zero-order chi connectivity index (χ0) is 27.9. The molecule has 0 atom stereocenters. The van der Waals surface area contributed by atoms with Gasteiger partial charge in [-0.3, -0.25) is 9.59 Å². The first-order valence-electron chi connectivity index (χ1n) is 13.5. The van der Waals surface area contributed by atoms with Crippen LogP contribution in [0.2, 0.25) is 0 Å². The van der Waals surface area contributed by atoms with Crippen molar-refractivity contribution in [3.63, 3.8) is 0 Å². The zero-order valence-electron chi connectivity index (χ0n) is 22.7. The molecule has 0 bridgehead atoms. The normalized spacial score (nSPS) is 10.9. The fourth-order valence-electron chi connectivity index (χ4n) is 4.10. The molecule has 206 valence electrons. The molecular weight excluding hydrogens is 494 g/mol. The number of rotatable bonds is 15. The SMILES string of the molecule is CCCCCCCCCC(=O)NCC(=O)NN=Cc1c(OC(=O)c2ccc(OC)cc2)ccc2ccccc12. The van der Waals surface area contributed by atoms with Crippen molar-refractivity contribution in [2.75, 3.05) is 13.7 Å². The van der Waals surface area contributed by atoms with Gasteiger partial charge >= 0.3 is 5.97 Å². The van der Waals surface area contributed by atoms with Gasteiger partial charge < -0.3 is 14.8 Å². The summed E-state index contributed by atoms with van der Waals surface area (Å²) in [6, 6.07) is 17.7. The summed E-state index contributed by atoms with van der Waals surface area (Å²) in [6.07, 6.45) is 9.74. The van der Waals surface area contributed by atoms with Crippen LogP contribution in [-0.2, 0) is 9.59 Å². The lowest BCUT2D eigenvalue weighted by Gasteiger charge is -2.11. The largest absolute Gasteiger partial charge is 0.497 e. The van der Waals surface area contributed by atoms with Crippen molar-refractivity contribution >= 4 is 34.8 Å². The maximum Gasteiger partial charge on any atom is 0.343 e. The second-order valence-electron chi connectivity index (χ2n) is 9.26. The summed E-state index contributed by atoms with van der Waals surface area (Å²) in [6.45, 7) is 2.02. The minimum atomic E-state index is -0.532. The molecule has 0 saturated heterocycles. The lowest BCUT2D eigenvalue weighted by Crippen LogP contribution is -2.34. The molecule has 3 rings (SSSR count). The third-order valence-corrected chi connectivity index (χ3v) is 6.30. The Morgan fingerprint density at radius 2 is 1.56 bits per heavy atom. The maximum absolute atomic E-state index is 12.8. The van der Waals surface area contributed by atoms with Crippen molar-refractivity contribution in [3.05, 3.63) is 71.8 Å². The number of hydrogen-bond acceptors (Lipinski definition) is 6. The number of nitrogens with one attached hydrogen (secondary N) is 2. The summed E-state index contributed by atoms with van der Waals surface area (Å²) >= 11 is 0. The maximum atomic E-state index is 12.8. The highest BCUT2D eigenvalue weighted by molar-refractivity contribution is 6.04. The molecular formula is C31H37N3O5.